The van der Waals surface area contributed by atoms with Crippen LogP contribution in [0.1, 0.15) is 44.7 Å². The van der Waals surface area contributed by atoms with Crippen molar-refractivity contribution in [2.24, 2.45) is 11.3 Å². The van der Waals surface area contributed by atoms with E-state index in [0.29, 0.717) is 17.3 Å². The van der Waals surface area contributed by atoms with Crippen molar-refractivity contribution < 1.29 is 4.79 Å². The van der Waals surface area contributed by atoms with Gasteiger partial charge in [0.15, 0.2) is 0 Å². The molecule has 0 aromatic carbocycles. The molecule has 1 saturated carbocycles. The van der Waals surface area contributed by atoms with E-state index in [1.54, 1.807) is 0 Å². The van der Waals surface area contributed by atoms with Crippen molar-refractivity contribution in [3.8, 4) is 0 Å². The van der Waals surface area contributed by atoms with Crippen molar-refractivity contribution in [2.45, 2.75) is 39.0 Å². The molecule has 2 aliphatic rings. The van der Waals surface area contributed by atoms with Crippen molar-refractivity contribution >= 4 is 6.03 Å². The van der Waals surface area contributed by atoms with Gasteiger partial charge in [-0.15, -0.1) is 0 Å². The zero-order valence-electron chi connectivity index (χ0n) is 13.0. The van der Waals surface area contributed by atoms with Gasteiger partial charge >= 0.3 is 6.03 Å². The zero-order valence-corrected chi connectivity index (χ0v) is 13.0. The molecule has 4 nitrogen and oxygen atoms in total. The minimum absolute atomic E-state index is 0.0928. The predicted molar refractivity (Wildman–Crippen MR) is 83.1 cm³/mol. The van der Waals surface area contributed by atoms with E-state index in [4.69, 9.17) is 0 Å². The molecule has 114 valence electrons. The molecular weight excluding hydrogens is 262 g/mol. The summed E-state index contributed by atoms with van der Waals surface area (Å²) in [6, 6.07) is 6.07. The largest absolute Gasteiger partial charge is 0.338 e. The topological polar surface area (TPSA) is 45.2 Å². The molecule has 0 bridgehead atoms. The van der Waals surface area contributed by atoms with Crippen LogP contribution in [-0.2, 0) is 0 Å². The van der Waals surface area contributed by atoms with Crippen LogP contribution in [0.15, 0.2) is 24.4 Å². The van der Waals surface area contributed by atoms with Crippen LogP contribution in [-0.4, -0.2) is 35.5 Å². The Morgan fingerprint density at radius 1 is 1.38 bits per heavy atom. The molecule has 1 aliphatic heterocycles. The number of hydrogen-bond donors (Lipinski definition) is 1. The molecule has 1 aromatic heterocycles. The Morgan fingerprint density at radius 2 is 2.14 bits per heavy atom. The second-order valence-corrected chi connectivity index (χ2v) is 6.51. The number of likely N-dealkylation sites (tertiary alicyclic amines) is 1. The average molecular weight is 287 g/mol. The second-order valence-electron chi connectivity index (χ2n) is 6.51. The summed E-state index contributed by atoms with van der Waals surface area (Å²) in [6.07, 6.45) is 5.56. The Kier molecular flexibility index (Phi) is 3.87. The molecular formula is C17H25N3O. The fourth-order valence-electron chi connectivity index (χ4n) is 3.61. The first-order valence-corrected chi connectivity index (χ1v) is 8.12. The molecule has 2 amide bonds. The third kappa shape index (κ3) is 2.76. The van der Waals surface area contributed by atoms with E-state index in [1.165, 1.54) is 19.3 Å². The van der Waals surface area contributed by atoms with Crippen molar-refractivity contribution in [3.63, 3.8) is 0 Å². The first-order valence-electron chi connectivity index (χ1n) is 8.12. The Labute approximate surface area is 126 Å². The number of pyridine rings is 1. The molecule has 0 spiro atoms. The number of rotatable bonds is 5. The van der Waals surface area contributed by atoms with Crippen LogP contribution < -0.4 is 5.32 Å². The van der Waals surface area contributed by atoms with Crippen molar-refractivity contribution in [1.29, 1.82) is 0 Å². The van der Waals surface area contributed by atoms with E-state index in [1.807, 2.05) is 29.3 Å². The average Bonchev–Trinajstić information content (AvgIpc) is 3.19. The number of aromatic nitrogens is 1. The molecule has 4 heteroatoms. The fraction of sp³-hybridized carbons (Fsp3) is 0.647. The number of hydrogen-bond acceptors (Lipinski definition) is 2. The van der Waals surface area contributed by atoms with Crippen LogP contribution >= 0.6 is 0 Å². The van der Waals surface area contributed by atoms with Crippen LogP contribution in [0.5, 0.6) is 0 Å². The lowest BCUT2D eigenvalue weighted by Crippen LogP contribution is -2.53. The van der Waals surface area contributed by atoms with Gasteiger partial charge in [-0.3, -0.25) is 4.98 Å². The quantitative estimate of drug-likeness (QED) is 0.904. The summed E-state index contributed by atoms with van der Waals surface area (Å²) in [6.45, 7) is 6.95. The highest BCUT2D eigenvalue weighted by molar-refractivity contribution is 5.75. The Morgan fingerprint density at radius 3 is 2.71 bits per heavy atom. The van der Waals surface area contributed by atoms with Crippen molar-refractivity contribution in [1.82, 2.24) is 15.2 Å². The SMILES string of the molecule is CCC1(CC)C[C@H]1CNC(=O)N1CC(c2ccccn2)C1. The molecule has 3 rings (SSSR count). The molecule has 0 radical (unpaired) electrons. The van der Waals surface area contributed by atoms with Gasteiger partial charge < -0.3 is 10.2 Å². The summed E-state index contributed by atoms with van der Waals surface area (Å²) >= 11 is 0. The maximum absolute atomic E-state index is 12.1. The summed E-state index contributed by atoms with van der Waals surface area (Å²) in [5, 5.41) is 3.11. The molecule has 1 N–H and O–H groups in total. The van der Waals surface area contributed by atoms with Crippen molar-refractivity contribution in [3.05, 3.63) is 30.1 Å². The van der Waals surface area contributed by atoms with Gasteiger partial charge in [0.05, 0.1) is 0 Å². The van der Waals surface area contributed by atoms with Crippen LogP contribution in [0.25, 0.3) is 0 Å². The maximum Gasteiger partial charge on any atom is 0.317 e. The smallest absolute Gasteiger partial charge is 0.317 e. The minimum atomic E-state index is 0.0928. The molecule has 2 heterocycles. The monoisotopic (exact) mass is 287 g/mol. The van der Waals surface area contributed by atoms with Crippen LogP contribution in [0.2, 0.25) is 0 Å². The maximum atomic E-state index is 12.1. The predicted octanol–water partition coefficient (Wildman–Crippen LogP) is 3.02. The zero-order chi connectivity index (χ0) is 14.9. The summed E-state index contributed by atoms with van der Waals surface area (Å²) in [5.74, 6) is 1.09. The van der Waals surface area contributed by atoms with E-state index < -0.39 is 0 Å². The lowest BCUT2D eigenvalue weighted by Gasteiger charge is -2.38. The van der Waals surface area contributed by atoms with Gasteiger partial charge in [-0.1, -0.05) is 32.8 Å². The lowest BCUT2D eigenvalue weighted by atomic mass is 9.96. The Bertz CT molecular complexity index is 492. The number of carbonyl (C=O) groups excluding carboxylic acids is 1. The van der Waals surface area contributed by atoms with E-state index in [9.17, 15) is 4.79 Å². The molecule has 1 aliphatic carbocycles. The number of urea groups is 1. The number of nitrogens with zero attached hydrogens (tertiary/aromatic N) is 2. The molecule has 1 aromatic rings. The minimum Gasteiger partial charge on any atom is -0.338 e. The van der Waals surface area contributed by atoms with E-state index in [2.05, 4.69) is 24.1 Å². The van der Waals surface area contributed by atoms with Gasteiger partial charge in [0.2, 0.25) is 0 Å². The standard InChI is InChI=1S/C17H25N3O/c1-3-17(4-2)9-14(17)10-19-16(21)20-11-13(12-20)15-7-5-6-8-18-15/h5-8,13-14H,3-4,9-12H2,1-2H3,(H,19,21)/t14-/m0/s1. The van der Waals surface area contributed by atoms with E-state index >= 15 is 0 Å². The Balaban J connectivity index is 1.41. The van der Waals surface area contributed by atoms with E-state index in [0.717, 1.165) is 25.3 Å². The molecule has 2 fully saturated rings. The van der Waals surface area contributed by atoms with Gasteiger partial charge in [-0.2, -0.15) is 0 Å². The van der Waals surface area contributed by atoms with Gasteiger partial charge in [0.25, 0.3) is 0 Å². The van der Waals surface area contributed by atoms with Gasteiger partial charge in [-0.05, 0) is 29.9 Å². The van der Waals surface area contributed by atoms with Gasteiger partial charge in [0, 0.05) is 37.4 Å². The summed E-state index contributed by atoms with van der Waals surface area (Å²) in [7, 11) is 0. The third-order valence-electron chi connectivity index (χ3n) is 5.54. The third-order valence-corrected chi connectivity index (χ3v) is 5.54. The number of amides is 2. The highest BCUT2D eigenvalue weighted by Crippen LogP contribution is 2.57. The number of carbonyl (C=O) groups is 1. The summed E-state index contributed by atoms with van der Waals surface area (Å²) in [5.41, 5.74) is 1.61. The highest BCUT2D eigenvalue weighted by Gasteiger charge is 2.50. The molecule has 1 atom stereocenters. The van der Waals surface area contributed by atoms with Crippen LogP contribution in [0, 0.1) is 11.3 Å². The van der Waals surface area contributed by atoms with Crippen molar-refractivity contribution in [2.75, 3.05) is 19.6 Å². The van der Waals surface area contributed by atoms with Crippen LogP contribution in [0.3, 0.4) is 0 Å². The van der Waals surface area contributed by atoms with E-state index in [-0.39, 0.29) is 6.03 Å². The first kappa shape index (κ1) is 14.4. The molecule has 0 unspecified atom stereocenters. The molecule has 21 heavy (non-hydrogen) atoms. The van der Waals surface area contributed by atoms with Gasteiger partial charge in [0.1, 0.15) is 0 Å². The summed E-state index contributed by atoms with van der Waals surface area (Å²) < 4.78 is 0. The number of nitrogens with one attached hydrogen (secondary N) is 1. The van der Waals surface area contributed by atoms with Gasteiger partial charge in [-0.25, -0.2) is 4.79 Å². The summed E-state index contributed by atoms with van der Waals surface area (Å²) in [4.78, 5) is 18.4. The highest BCUT2D eigenvalue weighted by atomic mass is 16.2. The lowest BCUT2D eigenvalue weighted by molar-refractivity contribution is 0.149. The molecule has 1 saturated heterocycles. The Hall–Kier alpha value is -1.58. The van der Waals surface area contributed by atoms with Crippen LogP contribution in [0.4, 0.5) is 4.79 Å². The second kappa shape index (κ2) is 5.66. The first-order chi connectivity index (χ1) is 10.2. The fourth-order valence-corrected chi connectivity index (χ4v) is 3.61. The normalized spacial score (nSPS) is 23.5.